The van der Waals surface area contributed by atoms with Crippen LogP contribution < -0.4 is 5.32 Å². The molecule has 0 aromatic heterocycles. The van der Waals surface area contributed by atoms with E-state index in [4.69, 9.17) is 14.9 Å². The van der Waals surface area contributed by atoms with Gasteiger partial charge in [-0.05, 0) is 6.42 Å². The summed E-state index contributed by atoms with van der Waals surface area (Å²) in [6, 6.07) is 0. The van der Waals surface area contributed by atoms with E-state index in [-0.39, 0.29) is 6.29 Å². The van der Waals surface area contributed by atoms with Gasteiger partial charge >= 0.3 is 0 Å². The van der Waals surface area contributed by atoms with E-state index in [0.29, 0.717) is 12.4 Å². The van der Waals surface area contributed by atoms with Gasteiger partial charge in [0.2, 0.25) is 0 Å². The topological polar surface area (TPSA) is 54.3 Å². The molecule has 0 aromatic rings. The van der Waals surface area contributed by atoms with Crippen molar-refractivity contribution in [3.05, 3.63) is 0 Å². The number of hydrogen-bond acceptors (Lipinski definition) is 3. The van der Waals surface area contributed by atoms with Crippen molar-refractivity contribution in [3.8, 4) is 0 Å². The third-order valence-corrected chi connectivity index (χ3v) is 1.79. The molecule has 0 bridgehead atoms. The molecular formula is C9H20N2O2. The Morgan fingerprint density at radius 1 is 1.38 bits per heavy atom. The highest BCUT2D eigenvalue weighted by atomic mass is 16.7. The smallest absolute Gasteiger partial charge is 0.173 e. The summed E-state index contributed by atoms with van der Waals surface area (Å²) in [7, 11) is 3.18. The maximum absolute atomic E-state index is 7.51. The molecule has 2 N–H and O–H groups in total. The molecule has 0 unspecified atom stereocenters. The summed E-state index contributed by atoms with van der Waals surface area (Å²) in [5.74, 6) is 0.556. The lowest BCUT2D eigenvalue weighted by atomic mass is 10.2. The van der Waals surface area contributed by atoms with Crippen molar-refractivity contribution in [2.75, 3.05) is 20.8 Å². The van der Waals surface area contributed by atoms with Crippen LogP contribution in [-0.4, -0.2) is 32.9 Å². The zero-order valence-corrected chi connectivity index (χ0v) is 8.72. The Morgan fingerprint density at radius 3 is 2.46 bits per heavy atom. The number of methoxy groups -OCH3 is 2. The fourth-order valence-corrected chi connectivity index (χ4v) is 0.911. The quantitative estimate of drug-likeness (QED) is 0.360. The lowest BCUT2D eigenvalue weighted by molar-refractivity contribution is -0.0966. The van der Waals surface area contributed by atoms with Crippen LogP contribution in [0, 0.1) is 5.41 Å². The third-order valence-electron chi connectivity index (χ3n) is 1.79. The standard InChI is InChI=1S/C9H20N2O2/c1-4-5-6-8(10)11-7-9(12-2)13-3/h9H,4-7H2,1-3H3,(H2,10,11). The van der Waals surface area contributed by atoms with Crippen molar-refractivity contribution in [2.24, 2.45) is 0 Å². The SMILES string of the molecule is CCCCC(=N)NCC(OC)OC. The molecule has 13 heavy (non-hydrogen) atoms. The van der Waals surface area contributed by atoms with Gasteiger partial charge in [0.25, 0.3) is 0 Å². The van der Waals surface area contributed by atoms with Crippen LogP contribution in [0.5, 0.6) is 0 Å². The minimum Gasteiger partial charge on any atom is -0.369 e. The summed E-state index contributed by atoms with van der Waals surface area (Å²) in [5, 5.41) is 10.5. The van der Waals surface area contributed by atoms with Crippen LogP contribution in [0.15, 0.2) is 0 Å². The normalized spacial score (nSPS) is 10.5. The fourth-order valence-electron chi connectivity index (χ4n) is 0.911. The molecule has 0 radical (unpaired) electrons. The number of amidine groups is 1. The minimum atomic E-state index is -0.262. The maximum Gasteiger partial charge on any atom is 0.173 e. The summed E-state index contributed by atoms with van der Waals surface area (Å²) < 4.78 is 9.95. The Bertz CT molecular complexity index is 136. The first kappa shape index (κ1) is 12.4. The summed E-state index contributed by atoms with van der Waals surface area (Å²) in [6.45, 7) is 2.65. The molecule has 4 heteroatoms. The third kappa shape index (κ3) is 6.54. The van der Waals surface area contributed by atoms with Crippen LogP contribution in [0.4, 0.5) is 0 Å². The van der Waals surface area contributed by atoms with Gasteiger partial charge in [0.15, 0.2) is 6.29 Å². The van der Waals surface area contributed by atoms with Gasteiger partial charge in [-0.1, -0.05) is 13.3 Å². The molecule has 0 aliphatic heterocycles. The van der Waals surface area contributed by atoms with Crippen molar-refractivity contribution in [2.45, 2.75) is 32.5 Å². The van der Waals surface area contributed by atoms with Crippen LogP contribution in [0.3, 0.4) is 0 Å². The Kier molecular flexibility index (Phi) is 7.63. The molecule has 0 amide bonds. The molecule has 0 aromatic carbocycles. The Morgan fingerprint density at radius 2 is 2.00 bits per heavy atom. The van der Waals surface area contributed by atoms with E-state index >= 15 is 0 Å². The van der Waals surface area contributed by atoms with E-state index in [1.54, 1.807) is 14.2 Å². The van der Waals surface area contributed by atoms with Gasteiger partial charge in [0.05, 0.1) is 12.4 Å². The van der Waals surface area contributed by atoms with Gasteiger partial charge in [-0.15, -0.1) is 0 Å². The van der Waals surface area contributed by atoms with Crippen LogP contribution in [0.2, 0.25) is 0 Å². The van der Waals surface area contributed by atoms with Gasteiger partial charge in [-0.3, -0.25) is 5.41 Å². The maximum atomic E-state index is 7.51. The Balaban J connectivity index is 3.44. The summed E-state index contributed by atoms with van der Waals surface area (Å²) in [5.41, 5.74) is 0. The predicted octanol–water partition coefficient (Wildman–Crippen LogP) is 1.36. The highest BCUT2D eigenvalue weighted by Crippen LogP contribution is 1.94. The first-order valence-corrected chi connectivity index (χ1v) is 4.61. The highest BCUT2D eigenvalue weighted by Gasteiger charge is 2.04. The predicted molar refractivity (Wildman–Crippen MR) is 53.1 cm³/mol. The van der Waals surface area contributed by atoms with Crippen LogP contribution in [-0.2, 0) is 9.47 Å². The lowest BCUT2D eigenvalue weighted by Crippen LogP contribution is -2.33. The van der Waals surface area contributed by atoms with E-state index in [2.05, 4.69) is 12.2 Å². The van der Waals surface area contributed by atoms with Crippen molar-refractivity contribution in [1.29, 1.82) is 5.41 Å². The molecule has 0 fully saturated rings. The number of rotatable bonds is 7. The molecule has 0 aliphatic rings. The zero-order chi connectivity index (χ0) is 10.1. The lowest BCUT2D eigenvalue weighted by Gasteiger charge is -2.15. The van der Waals surface area contributed by atoms with E-state index in [9.17, 15) is 0 Å². The van der Waals surface area contributed by atoms with Crippen LogP contribution >= 0.6 is 0 Å². The molecule has 0 rings (SSSR count). The second kappa shape index (κ2) is 8.01. The van der Waals surface area contributed by atoms with Crippen LogP contribution in [0.25, 0.3) is 0 Å². The second-order valence-electron chi connectivity index (χ2n) is 2.86. The van der Waals surface area contributed by atoms with Gasteiger partial charge in [0.1, 0.15) is 0 Å². The van der Waals surface area contributed by atoms with Crippen molar-refractivity contribution >= 4 is 5.84 Å². The van der Waals surface area contributed by atoms with Gasteiger partial charge < -0.3 is 14.8 Å². The molecule has 0 saturated carbocycles. The molecule has 0 heterocycles. The van der Waals surface area contributed by atoms with Crippen LogP contribution in [0.1, 0.15) is 26.2 Å². The summed E-state index contributed by atoms with van der Waals surface area (Å²) in [6.07, 6.45) is 2.71. The summed E-state index contributed by atoms with van der Waals surface area (Å²) in [4.78, 5) is 0. The number of nitrogens with one attached hydrogen (secondary N) is 2. The average Bonchev–Trinajstić information content (AvgIpc) is 2.16. The van der Waals surface area contributed by atoms with Gasteiger partial charge in [0, 0.05) is 20.6 Å². The molecule has 4 nitrogen and oxygen atoms in total. The minimum absolute atomic E-state index is 0.262. The highest BCUT2D eigenvalue weighted by molar-refractivity contribution is 5.78. The Hall–Kier alpha value is -0.610. The first-order valence-electron chi connectivity index (χ1n) is 4.61. The summed E-state index contributed by atoms with van der Waals surface area (Å²) >= 11 is 0. The molecule has 0 spiro atoms. The van der Waals surface area contributed by atoms with Crippen molar-refractivity contribution < 1.29 is 9.47 Å². The largest absolute Gasteiger partial charge is 0.369 e. The van der Waals surface area contributed by atoms with E-state index in [0.717, 1.165) is 19.3 Å². The second-order valence-corrected chi connectivity index (χ2v) is 2.86. The van der Waals surface area contributed by atoms with Crippen molar-refractivity contribution in [1.82, 2.24) is 5.32 Å². The number of ether oxygens (including phenoxy) is 2. The van der Waals surface area contributed by atoms with Gasteiger partial charge in [-0.2, -0.15) is 0 Å². The van der Waals surface area contributed by atoms with E-state index < -0.39 is 0 Å². The monoisotopic (exact) mass is 188 g/mol. The fraction of sp³-hybridized carbons (Fsp3) is 0.889. The first-order chi connectivity index (χ1) is 6.24. The van der Waals surface area contributed by atoms with Crippen molar-refractivity contribution in [3.63, 3.8) is 0 Å². The Labute approximate surface area is 80.1 Å². The zero-order valence-electron chi connectivity index (χ0n) is 8.72. The average molecular weight is 188 g/mol. The molecular weight excluding hydrogens is 168 g/mol. The van der Waals surface area contributed by atoms with Gasteiger partial charge in [-0.25, -0.2) is 0 Å². The van der Waals surface area contributed by atoms with E-state index in [1.807, 2.05) is 0 Å². The molecule has 0 saturated heterocycles. The number of unbranched alkanes of at least 4 members (excludes halogenated alkanes) is 1. The number of hydrogen-bond donors (Lipinski definition) is 2. The molecule has 0 atom stereocenters. The van der Waals surface area contributed by atoms with E-state index in [1.165, 1.54) is 0 Å². The molecule has 78 valence electrons. The molecule has 0 aliphatic carbocycles.